The van der Waals surface area contributed by atoms with Gasteiger partial charge in [-0.05, 0) is 54.8 Å². The molecule has 0 aliphatic carbocycles. The van der Waals surface area contributed by atoms with Crippen LogP contribution < -0.4 is 25.8 Å². The van der Waals surface area contributed by atoms with Crippen molar-refractivity contribution in [3.05, 3.63) is 53.6 Å². The number of ether oxygens (including phenoxy) is 2. The third-order valence-corrected chi connectivity index (χ3v) is 4.39. The topological polar surface area (TPSA) is 104 Å². The number of amides is 1. The van der Waals surface area contributed by atoms with Crippen LogP contribution in [0, 0.1) is 0 Å². The Kier molecular flexibility index (Phi) is 6.46. The molecule has 2 atom stereocenters. The highest BCUT2D eigenvalue weighted by atomic mass is 16.5. The van der Waals surface area contributed by atoms with Crippen molar-refractivity contribution in [2.45, 2.75) is 25.4 Å². The molecule has 1 heterocycles. The van der Waals surface area contributed by atoms with Gasteiger partial charge in [0, 0.05) is 6.04 Å². The first-order chi connectivity index (χ1) is 13.6. The van der Waals surface area contributed by atoms with E-state index in [-0.39, 0.29) is 17.7 Å². The summed E-state index contributed by atoms with van der Waals surface area (Å²) < 4.78 is 10.6. The maximum atomic E-state index is 12.3. The third kappa shape index (κ3) is 4.79. The summed E-state index contributed by atoms with van der Waals surface area (Å²) >= 11 is 0. The van der Waals surface area contributed by atoms with Crippen molar-refractivity contribution in [1.29, 1.82) is 0 Å². The Labute approximate surface area is 163 Å². The van der Waals surface area contributed by atoms with Gasteiger partial charge in [0.2, 0.25) is 0 Å². The molecule has 2 aromatic rings. The molecule has 1 aliphatic rings. The van der Waals surface area contributed by atoms with Crippen LogP contribution in [-0.2, 0) is 4.79 Å². The number of aromatic hydroxyl groups is 1. The van der Waals surface area contributed by atoms with Gasteiger partial charge in [-0.25, -0.2) is 16.3 Å². The first-order valence-corrected chi connectivity index (χ1v) is 9.04. The Bertz CT molecular complexity index is 856. The number of phenolic OH excluding ortho intramolecular Hbond substituents is 1. The fourth-order valence-corrected chi connectivity index (χ4v) is 2.94. The van der Waals surface area contributed by atoms with Crippen molar-refractivity contribution in [2.75, 3.05) is 13.7 Å². The summed E-state index contributed by atoms with van der Waals surface area (Å²) in [4.78, 5) is 12.3. The van der Waals surface area contributed by atoms with Crippen LogP contribution in [0.1, 0.15) is 30.5 Å². The van der Waals surface area contributed by atoms with E-state index in [1.165, 1.54) is 12.3 Å². The minimum absolute atomic E-state index is 0.000629. The fraction of sp³-hybridized carbons (Fsp3) is 0.300. The Morgan fingerprint density at radius 3 is 2.96 bits per heavy atom. The lowest BCUT2D eigenvalue weighted by atomic mass is 10.0. The summed E-state index contributed by atoms with van der Waals surface area (Å²) in [5, 5.41) is 13.7. The maximum absolute atomic E-state index is 12.3. The van der Waals surface area contributed by atoms with Gasteiger partial charge in [0.15, 0.2) is 11.5 Å². The lowest BCUT2D eigenvalue weighted by Crippen LogP contribution is -2.41. The molecule has 0 radical (unpaired) electrons. The number of hydrazone groups is 1. The first kappa shape index (κ1) is 19.7. The Morgan fingerprint density at radius 1 is 1.32 bits per heavy atom. The normalized spacial score (nSPS) is 18.9. The molecule has 28 heavy (non-hydrogen) atoms. The summed E-state index contributed by atoms with van der Waals surface area (Å²) in [6, 6.07) is 12.2. The number of hydrogen-bond donors (Lipinski definition) is 4. The smallest absolute Gasteiger partial charge is 0.258 e. The van der Waals surface area contributed by atoms with Crippen molar-refractivity contribution in [1.82, 2.24) is 16.3 Å². The monoisotopic (exact) mass is 384 g/mol. The summed E-state index contributed by atoms with van der Waals surface area (Å²) in [7, 11) is 1.62. The first-order valence-electron chi connectivity index (χ1n) is 9.04. The standard InChI is InChI=1S/C20H24N4O4/c1-3-28-19-9-13(7-8-18(19)25)12-21-24-20(26)17-11-16(22-23-17)14-5-4-6-15(10-14)27-2/h4-10,12,16-17,22-23,25H,3,11H2,1-2H3,(H,24,26)/b21-12+. The predicted molar refractivity (Wildman–Crippen MR) is 105 cm³/mol. The highest BCUT2D eigenvalue weighted by Gasteiger charge is 2.30. The molecule has 8 heteroatoms. The van der Waals surface area contributed by atoms with E-state index < -0.39 is 6.04 Å². The molecule has 1 amide bonds. The molecule has 148 valence electrons. The molecular formula is C20H24N4O4. The molecule has 1 aliphatic heterocycles. The number of nitrogens with one attached hydrogen (secondary N) is 3. The minimum Gasteiger partial charge on any atom is -0.504 e. The molecule has 0 spiro atoms. The highest BCUT2D eigenvalue weighted by molar-refractivity contribution is 5.85. The van der Waals surface area contributed by atoms with Crippen molar-refractivity contribution in [3.63, 3.8) is 0 Å². The number of hydrogen-bond acceptors (Lipinski definition) is 7. The predicted octanol–water partition coefficient (Wildman–Crippen LogP) is 1.86. The summed E-state index contributed by atoms with van der Waals surface area (Å²) in [6.07, 6.45) is 2.09. The van der Waals surface area contributed by atoms with Gasteiger partial charge >= 0.3 is 0 Å². The van der Waals surface area contributed by atoms with Crippen molar-refractivity contribution < 1.29 is 19.4 Å². The van der Waals surface area contributed by atoms with Crippen LogP contribution in [0.2, 0.25) is 0 Å². The summed E-state index contributed by atoms with van der Waals surface area (Å²) in [5.41, 5.74) is 10.4. The van der Waals surface area contributed by atoms with E-state index in [0.29, 0.717) is 24.3 Å². The zero-order valence-corrected chi connectivity index (χ0v) is 15.8. The lowest BCUT2D eigenvalue weighted by Gasteiger charge is -2.10. The SMILES string of the molecule is CCOc1cc(/C=N/NC(=O)C2CC(c3cccc(OC)c3)NN2)ccc1O. The molecule has 8 nitrogen and oxygen atoms in total. The van der Waals surface area contributed by atoms with E-state index in [2.05, 4.69) is 21.4 Å². The molecule has 0 saturated carbocycles. The number of rotatable bonds is 7. The molecule has 1 fully saturated rings. The number of phenols is 1. The van der Waals surface area contributed by atoms with Crippen LogP contribution in [0.15, 0.2) is 47.6 Å². The number of carbonyl (C=O) groups is 1. The fourth-order valence-electron chi connectivity index (χ4n) is 2.94. The van der Waals surface area contributed by atoms with Crippen LogP contribution in [0.25, 0.3) is 0 Å². The molecule has 2 aromatic carbocycles. The van der Waals surface area contributed by atoms with Crippen molar-refractivity contribution in [3.8, 4) is 17.2 Å². The number of hydrazine groups is 1. The van der Waals surface area contributed by atoms with Gasteiger partial charge in [0.25, 0.3) is 5.91 Å². The number of benzene rings is 2. The van der Waals surface area contributed by atoms with E-state index in [1.807, 2.05) is 31.2 Å². The van der Waals surface area contributed by atoms with Crippen LogP contribution in [-0.4, -0.2) is 37.0 Å². The Hall–Kier alpha value is -3.10. The Balaban J connectivity index is 1.55. The molecule has 4 N–H and O–H groups in total. The quantitative estimate of drug-likeness (QED) is 0.429. The molecule has 0 aromatic heterocycles. The molecule has 2 unspecified atom stereocenters. The van der Waals surface area contributed by atoms with Crippen LogP contribution in [0.5, 0.6) is 17.2 Å². The zero-order chi connectivity index (χ0) is 19.9. The zero-order valence-electron chi connectivity index (χ0n) is 15.8. The number of carbonyl (C=O) groups excluding carboxylic acids is 1. The van der Waals surface area contributed by atoms with Gasteiger partial charge in [-0.3, -0.25) is 4.79 Å². The highest BCUT2D eigenvalue weighted by Crippen LogP contribution is 2.26. The average molecular weight is 384 g/mol. The van der Waals surface area contributed by atoms with Crippen LogP contribution >= 0.6 is 0 Å². The largest absolute Gasteiger partial charge is 0.504 e. The van der Waals surface area contributed by atoms with Gasteiger partial charge in [0.1, 0.15) is 11.8 Å². The molecule has 0 bridgehead atoms. The summed E-state index contributed by atoms with van der Waals surface area (Å²) in [5.74, 6) is 0.975. The maximum Gasteiger partial charge on any atom is 0.258 e. The minimum atomic E-state index is -0.410. The second-order valence-electron chi connectivity index (χ2n) is 6.30. The van der Waals surface area contributed by atoms with Gasteiger partial charge in [-0.15, -0.1) is 0 Å². The van der Waals surface area contributed by atoms with Gasteiger partial charge in [0.05, 0.1) is 19.9 Å². The second-order valence-corrected chi connectivity index (χ2v) is 6.30. The van der Waals surface area contributed by atoms with Crippen molar-refractivity contribution in [2.24, 2.45) is 5.10 Å². The van der Waals surface area contributed by atoms with Crippen LogP contribution in [0.4, 0.5) is 0 Å². The lowest BCUT2D eigenvalue weighted by molar-refractivity contribution is -0.122. The van der Waals surface area contributed by atoms with Gasteiger partial charge in [-0.2, -0.15) is 5.10 Å². The van der Waals surface area contributed by atoms with Gasteiger partial charge in [-0.1, -0.05) is 12.1 Å². The number of nitrogens with zero attached hydrogens (tertiary/aromatic N) is 1. The van der Waals surface area contributed by atoms with E-state index in [1.54, 1.807) is 19.2 Å². The van der Waals surface area contributed by atoms with E-state index in [9.17, 15) is 9.90 Å². The summed E-state index contributed by atoms with van der Waals surface area (Å²) in [6.45, 7) is 2.28. The molecule has 3 rings (SSSR count). The van der Waals surface area contributed by atoms with E-state index in [0.717, 1.165) is 11.3 Å². The second kappa shape index (κ2) is 9.20. The average Bonchev–Trinajstić information content (AvgIpc) is 3.21. The van der Waals surface area contributed by atoms with Crippen molar-refractivity contribution >= 4 is 12.1 Å². The van der Waals surface area contributed by atoms with E-state index in [4.69, 9.17) is 9.47 Å². The van der Waals surface area contributed by atoms with Gasteiger partial charge < -0.3 is 14.6 Å². The van der Waals surface area contributed by atoms with Crippen LogP contribution in [0.3, 0.4) is 0 Å². The third-order valence-electron chi connectivity index (χ3n) is 4.39. The molecule has 1 saturated heterocycles. The Morgan fingerprint density at radius 2 is 2.18 bits per heavy atom. The molecular weight excluding hydrogens is 360 g/mol. The number of methoxy groups -OCH3 is 1. The van der Waals surface area contributed by atoms with E-state index >= 15 is 0 Å².